The van der Waals surface area contributed by atoms with Gasteiger partial charge in [-0.15, -0.1) is 0 Å². The fraction of sp³-hybridized carbons (Fsp3) is 0.650. The number of hydrogen-bond acceptors (Lipinski definition) is 4. The second-order valence-electron chi connectivity index (χ2n) is 7.50. The number of fused-ring (bicyclic) bond motifs is 1. The molecule has 0 radical (unpaired) electrons. The Morgan fingerprint density at radius 1 is 1.20 bits per heavy atom. The van der Waals surface area contributed by atoms with Crippen molar-refractivity contribution in [3.63, 3.8) is 0 Å². The molecule has 0 spiro atoms. The summed E-state index contributed by atoms with van der Waals surface area (Å²) in [5.74, 6) is 1.61. The summed E-state index contributed by atoms with van der Waals surface area (Å²) in [7, 11) is 0. The third-order valence-electron chi connectivity index (χ3n) is 5.28. The van der Waals surface area contributed by atoms with Gasteiger partial charge in [-0.1, -0.05) is 20.8 Å². The van der Waals surface area contributed by atoms with Crippen LogP contribution in [0.2, 0.25) is 0 Å². The van der Waals surface area contributed by atoms with Crippen LogP contribution >= 0.6 is 0 Å². The van der Waals surface area contributed by atoms with Crippen LogP contribution in [0.25, 0.3) is 0 Å². The number of amides is 1. The van der Waals surface area contributed by atoms with Gasteiger partial charge in [-0.05, 0) is 42.7 Å². The van der Waals surface area contributed by atoms with Crippen molar-refractivity contribution >= 4 is 11.7 Å². The van der Waals surface area contributed by atoms with Crippen LogP contribution in [0.5, 0.6) is 0 Å². The topological polar surface area (TPSA) is 60.2 Å². The first-order valence-corrected chi connectivity index (χ1v) is 9.52. The van der Waals surface area contributed by atoms with Gasteiger partial charge >= 0.3 is 0 Å². The Bertz CT molecular complexity index is 697. The van der Waals surface area contributed by atoms with Crippen molar-refractivity contribution < 1.29 is 4.79 Å². The Labute approximate surface area is 150 Å². The molecule has 0 saturated carbocycles. The number of pyridine rings is 1. The van der Waals surface area contributed by atoms with Crippen LogP contribution in [-0.2, 0) is 24.1 Å². The number of carbonyl (C=O) groups excluding carboxylic acids is 1. The standard InChI is InChI=1S/C20H28N4O/c1-4-19(25)23-8-10-24(11-9-23)20-17(13-21)15-6-5-7-16(15)18(22-20)12-14(2)3/h14H,4-12H2,1-3H3. The van der Waals surface area contributed by atoms with Crippen LogP contribution in [0.1, 0.15) is 56.0 Å². The molecule has 2 heterocycles. The van der Waals surface area contributed by atoms with Gasteiger partial charge in [-0.25, -0.2) is 4.98 Å². The molecule has 1 saturated heterocycles. The lowest BCUT2D eigenvalue weighted by Crippen LogP contribution is -2.49. The minimum Gasteiger partial charge on any atom is -0.352 e. The molecule has 5 heteroatoms. The van der Waals surface area contributed by atoms with E-state index in [-0.39, 0.29) is 5.91 Å². The molecular weight excluding hydrogens is 312 g/mol. The largest absolute Gasteiger partial charge is 0.352 e. The lowest BCUT2D eigenvalue weighted by atomic mass is 9.97. The Morgan fingerprint density at radius 2 is 1.88 bits per heavy atom. The first-order valence-electron chi connectivity index (χ1n) is 9.52. The van der Waals surface area contributed by atoms with Gasteiger partial charge in [0.05, 0.1) is 5.56 Å². The molecule has 1 amide bonds. The summed E-state index contributed by atoms with van der Waals surface area (Å²) in [5.41, 5.74) is 4.52. The molecule has 1 aliphatic heterocycles. The van der Waals surface area contributed by atoms with Gasteiger partial charge in [0, 0.05) is 38.3 Å². The number of nitriles is 1. The van der Waals surface area contributed by atoms with Gasteiger partial charge in [0.2, 0.25) is 5.91 Å². The Kier molecular flexibility index (Phi) is 5.27. The number of carbonyl (C=O) groups is 1. The van der Waals surface area contributed by atoms with Crippen LogP contribution in [-0.4, -0.2) is 42.0 Å². The van der Waals surface area contributed by atoms with E-state index in [4.69, 9.17) is 4.98 Å². The lowest BCUT2D eigenvalue weighted by molar-refractivity contribution is -0.131. The van der Waals surface area contributed by atoms with Crippen molar-refractivity contribution in [3.05, 3.63) is 22.4 Å². The zero-order chi connectivity index (χ0) is 18.0. The summed E-state index contributed by atoms with van der Waals surface area (Å²) in [6.45, 7) is 9.29. The zero-order valence-corrected chi connectivity index (χ0v) is 15.6. The van der Waals surface area contributed by atoms with E-state index in [1.54, 1.807) is 0 Å². The molecule has 0 bridgehead atoms. The normalized spacial score (nSPS) is 16.9. The fourth-order valence-corrected chi connectivity index (χ4v) is 4.02. The van der Waals surface area contributed by atoms with E-state index < -0.39 is 0 Å². The van der Waals surface area contributed by atoms with E-state index in [9.17, 15) is 10.1 Å². The van der Waals surface area contributed by atoms with Crippen molar-refractivity contribution in [2.75, 3.05) is 31.1 Å². The van der Waals surface area contributed by atoms with Crippen LogP contribution in [0.15, 0.2) is 0 Å². The molecule has 0 unspecified atom stereocenters. The van der Waals surface area contributed by atoms with Crippen LogP contribution in [0.4, 0.5) is 5.82 Å². The quantitative estimate of drug-likeness (QED) is 0.845. The van der Waals surface area contributed by atoms with Crippen molar-refractivity contribution in [1.82, 2.24) is 9.88 Å². The average Bonchev–Trinajstić information content (AvgIpc) is 3.10. The molecule has 1 aromatic rings. The summed E-state index contributed by atoms with van der Waals surface area (Å²) in [6, 6.07) is 2.43. The third-order valence-corrected chi connectivity index (χ3v) is 5.28. The van der Waals surface area contributed by atoms with Crippen LogP contribution in [0, 0.1) is 17.2 Å². The molecular formula is C20H28N4O. The molecule has 1 fully saturated rings. The van der Waals surface area contributed by atoms with E-state index >= 15 is 0 Å². The number of piperazine rings is 1. The molecule has 5 nitrogen and oxygen atoms in total. The molecule has 0 aromatic carbocycles. The highest BCUT2D eigenvalue weighted by atomic mass is 16.2. The Balaban J connectivity index is 1.91. The van der Waals surface area contributed by atoms with Crippen molar-refractivity contribution in [2.45, 2.75) is 52.9 Å². The van der Waals surface area contributed by atoms with Gasteiger partial charge in [0.25, 0.3) is 0 Å². The lowest BCUT2D eigenvalue weighted by Gasteiger charge is -2.36. The van der Waals surface area contributed by atoms with Gasteiger partial charge < -0.3 is 9.80 Å². The van der Waals surface area contributed by atoms with E-state index in [0.717, 1.165) is 63.2 Å². The first-order chi connectivity index (χ1) is 12.0. The van der Waals surface area contributed by atoms with E-state index in [1.807, 2.05) is 11.8 Å². The van der Waals surface area contributed by atoms with Gasteiger partial charge in [0.15, 0.2) is 0 Å². The van der Waals surface area contributed by atoms with Crippen LogP contribution < -0.4 is 4.90 Å². The first kappa shape index (κ1) is 17.7. The fourth-order valence-electron chi connectivity index (χ4n) is 4.02. The van der Waals surface area contributed by atoms with E-state index in [2.05, 4.69) is 24.8 Å². The summed E-state index contributed by atoms with van der Waals surface area (Å²) in [6.07, 6.45) is 4.69. The molecule has 134 valence electrons. The number of anilines is 1. The second kappa shape index (κ2) is 7.43. The van der Waals surface area contributed by atoms with Crippen LogP contribution in [0.3, 0.4) is 0 Å². The SMILES string of the molecule is CCC(=O)N1CCN(c2nc(CC(C)C)c3c(c2C#N)CCC3)CC1. The second-order valence-corrected chi connectivity index (χ2v) is 7.50. The number of rotatable bonds is 4. The number of nitrogens with zero attached hydrogens (tertiary/aromatic N) is 4. The number of hydrogen-bond donors (Lipinski definition) is 0. The predicted molar refractivity (Wildman–Crippen MR) is 98.6 cm³/mol. The van der Waals surface area contributed by atoms with Crippen molar-refractivity contribution in [2.24, 2.45) is 5.92 Å². The third kappa shape index (κ3) is 3.49. The maximum atomic E-state index is 11.9. The summed E-state index contributed by atoms with van der Waals surface area (Å²) >= 11 is 0. The highest BCUT2D eigenvalue weighted by Crippen LogP contribution is 2.34. The maximum Gasteiger partial charge on any atom is 0.222 e. The Morgan fingerprint density at radius 3 is 2.48 bits per heavy atom. The summed E-state index contributed by atoms with van der Waals surface area (Å²) in [5, 5.41) is 9.78. The molecule has 1 aliphatic carbocycles. The molecule has 0 N–H and O–H groups in total. The predicted octanol–water partition coefficient (Wildman–Crippen LogP) is 2.70. The highest BCUT2D eigenvalue weighted by Gasteiger charge is 2.28. The van der Waals surface area contributed by atoms with Gasteiger partial charge in [0.1, 0.15) is 11.9 Å². The van der Waals surface area contributed by atoms with Gasteiger partial charge in [-0.3, -0.25) is 4.79 Å². The molecule has 0 atom stereocenters. The molecule has 25 heavy (non-hydrogen) atoms. The molecule has 2 aliphatic rings. The minimum atomic E-state index is 0.211. The molecule has 1 aromatic heterocycles. The average molecular weight is 340 g/mol. The minimum absolute atomic E-state index is 0.211. The Hall–Kier alpha value is -2.09. The monoisotopic (exact) mass is 340 g/mol. The summed E-state index contributed by atoms with van der Waals surface area (Å²) in [4.78, 5) is 21.0. The van der Waals surface area contributed by atoms with Crippen molar-refractivity contribution in [3.8, 4) is 6.07 Å². The summed E-state index contributed by atoms with van der Waals surface area (Å²) < 4.78 is 0. The smallest absolute Gasteiger partial charge is 0.222 e. The van der Waals surface area contributed by atoms with Gasteiger partial charge in [-0.2, -0.15) is 5.26 Å². The van der Waals surface area contributed by atoms with Crippen molar-refractivity contribution in [1.29, 1.82) is 5.26 Å². The zero-order valence-electron chi connectivity index (χ0n) is 15.6. The maximum absolute atomic E-state index is 11.9. The van der Waals surface area contributed by atoms with E-state index in [0.29, 0.717) is 12.3 Å². The highest BCUT2D eigenvalue weighted by molar-refractivity contribution is 5.76. The van der Waals surface area contributed by atoms with E-state index in [1.165, 1.54) is 16.8 Å². The number of aromatic nitrogens is 1. The molecule has 3 rings (SSSR count).